The largest absolute Gasteiger partial charge is 0.354 e. The van der Waals surface area contributed by atoms with Crippen LogP contribution in [0, 0.1) is 0 Å². The van der Waals surface area contributed by atoms with E-state index in [0.717, 1.165) is 39.9 Å². The number of carbonyl (C=O) groups is 2. The number of aromatic nitrogens is 1. The van der Waals surface area contributed by atoms with Crippen LogP contribution < -0.4 is 15.5 Å². The van der Waals surface area contributed by atoms with Gasteiger partial charge in [0.2, 0.25) is 5.91 Å². The number of hydrogen-bond acceptors (Lipinski definition) is 5. The number of pyridine rings is 1. The molecular formula is C30H28ClN5O2. The lowest BCUT2D eigenvalue weighted by Crippen LogP contribution is -2.35. The Morgan fingerprint density at radius 2 is 1.79 bits per heavy atom. The molecule has 5 rings (SSSR count). The van der Waals surface area contributed by atoms with Gasteiger partial charge < -0.3 is 20.4 Å². The van der Waals surface area contributed by atoms with Gasteiger partial charge in [0.25, 0.3) is 5.91 Å². The first kappa shape index (κ1) is 25.4. The third kappa shape index (κ3) is 5.25. The van der Waals surface area contributed by atoms with Crippen molar-refractivity contribution in [3.05, 3.63) is 95.1 Å². The molecule has 0 atom stereocenters. The summed E-state index contributed by atoms with van der Waals surface area (Å²) >= 11 is 6.19. The second-order valence-corrected chi connectivity index (χ2v) is 9.89. The number of hydrogen-bond donors (Lipinski definition) is 2. The zero-order chi connectivity index (χ0) is 26.8. The van der Waals surface area contributed by atoms with Crippen molar-refractivity contribution in [3.63, 3.8) is 0 Å². The molecule has 2 heterocycles. The predicted molar refractivity (Wildman–Crippen MR) is 155 cm³/mol. The van der Waals surface area contributed by atoms with E-state index >= 15 is 0 Å². The van der Waals surface area contributed by atoms with E-state index in [9.17, 15) is 9.59 Å². The quantitative estimate of drug-likeness (QED) is 0.301. The van der Waals surface area contributed by atoms with Crippen molar-refractivity contribution in [2.75, 3.05) is 42.7 Å². The Bertz CT molecular complexity index is 1560. The number of halogens is 1. The van der Waals surface area contributed by atoms with Crippen LogP contribution in [0.3, 0.4) is 0 Å². The molecule has 1 aliphatic rings. The second-order valence-electron chi connectivity index (χ2n) is 9.45. The van der Waals surface area contributed by atoms with Gasteiger partial charge in [-0.15, -0.1) is 0 Å². The molecule has 38 heavy (non-hydrogen) atoms. The molecule has 0 fully saturated rings. The van der Waals surface area contributed by atoms with Crippen LogP contribution in [0.2, 0.25) is 5.02 Å². The van der Waals surface area contributed by atoms with E-state index in [4.69, 9.17) is 11.6 Å². The summed E-state index contributed by atoms with van der Waals surface area (Å²) in [6.07, 6.45) is 1.76. The summed E-state index contributed by atoms with van der Waals surface area (Å²) in [7, 11) is 3.96. The van der Waals surface area contributed by atoms with Gasteiger partial charge in [0.1, 0.15) is 0 Å². The van der Waals surface area contributed by atoms with E-state index in [-0.39, 0.29) is 11.8 Å². The third-order valence-corrected chi connectivity index (χ3v) is 6.70. The van der Waals surface area contributed by atoms with Crippen LogP contribution >= 0.6 is 11.6 Å². The number of carbonyl (C=O) groups excluding carboxylic acids is 2. The molecule has 4 aromatic rings. The number of rotatable bonds is 7. The fourth-order valence-electron chi connectivity index (χ4n) is 4.54. The molecule has 8 heteroatoms. The molecule has 192 valence electrons. The number of amides is 2. The molecule has 0 aliphatic carbocycles. The normalized spacial score (nSPS) is 13.9. The molecule has 0 bridgehead atoms. The Balaban J connectivity index is 1.57. The third-order valence-electron chi connectivity index (χ3n) is 6.47. The van der Waals surface area contributed by atoms with E-state index in [1.807, 2.05) is 79.7 Å². The molecular weight excluding hydrogens is 498 g/mol. The van der Waals surface area contributed by atoms with Gasteiger partial charge in [0, 0.05) is 53.6 Å². The topological polar surface area (TPSA) is 77.6 Å². The van der Waals surface area contributed by atoms with Crippen LogP contribution in [0.15, 0.2) is 79.0 Å². The maximum Gasteiger partial charge on any atom is 0.258 e. The number of likely N-dealkylation sites (N-methyl/N-ethyl adjacent to an activating group) is 1. The highest BCUT2D eigenvalue weighted by atomic mass is 35.5. The lowest BCUT2D eigenvalue weighted by Gasteiger charge is -2.23. The van der Waals surface area contributed by atoms with E-state index < -0.39 is 0 Å². The molecule has 0 radical (unpaired) electrons. The summed E-state index contributed by atoms with van der Waals surface area (Å²) in [4.78, 5) is 33.8. The predicted octanol–water partition coefficient (Wildman–Crippen LogP) is 5.74. The van der Waals surface area contributed by atoms with Gasteiger partial charge in [0.05, 0.1) is 22.5 Å². The number of nitrogens with one attached hydrogen (secondary N) is 2. The lowest BCUT2D eigenvalue weighted by molar-refractivity contribution is -0.116. The zero-order valence-electron chi connectivity index (χ0n) is 21.5. The zero-order valence-corrected chi connectivity index (χ0v) is 22.2. The molecule has 2 amide bonds. The second kappa shape index (κ2) is 10.7. The van der Waals surface area contributed by atoms with Crippen LogP contribution in [0.1, 0.15) is 18.1 Å². The Morgan fingerprint density at radius 1 is 1.00 bits per heavy atom. The summed E-state index contributed by atoms with van der Waals surface area (Å²) in [6, 6.07) is 22.9. The molecule has 3 aromatic carbocycles. The average Bonchev–Trinajstić information content (AvgIpc) is 3.22. The fourth-order valence-corrected chi connectivity index (χ4v) is 4.71. The molecule has 0 saturated heterocycles. The van der Waals surface area contributed by atoms with Crippen molar-refractivity contribution in [2.24, 2.45) is 0 Å². The Morgan fingerprint density at radius 3 is 2.53 bits per heavy atom. The van der Waals surface area contributed by atoms with Gasteiger partial charge >= 0.3 is 0 Å². The van der Waals surface area contributed by atoms with Gasteiger partial charge in [-0.25, -0.2) is 0 Å². The lowest BCUT2D eigenvalue weighted by atomic mass is 9.99. The van der Waals surface area contributed by atoms with Crippen molar-refractivity contribution < 1.29 is 9.59 Å². The maximum atomic E-state index is 13.2. The van der Waals surface area contributed by atoms with E-state index in [1.165, 1.54) is 0 Å². The van der Waals surface area contributed by atoms with Gasteiger partial charge in [0.15, 0.2) is 0 Å². The van der Waals surface area contributed by atoms with Crippen molar-refractivity contribution in [3.8, 4) is 0 Å². The van der Waals surface area contributed by atoms with Crippen LogP contribution in [-0.4, -0.2) is 48.9 Å². The Kier molecular flexibility index (Phi) is 7.13. The average molecular weight is 526 g/mol. The number of anilines is 3. The van der Waals surface area contributed by atoms with Gasteiger partial charge in [-0.2, -0.15) is 0 Å². The number of benzene rings is 3. The van der Waals surface area contributed by atoms with Crippen molar-refractivity contribution >= 4 is 62.7 Å². The highest BCUT2D eigenvalue weighted by Crippen LogP contribution is 2.39. The van der Waals surface area contributed by atoms with Crippen molar-refractivity contribution in [2.45, 2.75) is 6.92 Å². The minimum atomic E-state index is -0.209. The van der Waals surface area contributed by atoms with Crippen LogP contribution in [0.25, 0.3) is 22.2 Å². The molecule has 2 N–H and O–H groups in total. The summed E-state index contributed by atoms with van der Waals surface area (Å²) in [5, 5.41) is 7.94. The van der Waals surface area contributed by atoms with E-state index in [0.29, 0.717) is 28.5 Å². The summed E-state index contributed by atoms with van der Waals surface area (Å²) < 4.78 is 0. The van der Waals surface area contributed by atoms with Gasteiger partial charge in [-0.05, 0) is 74.3 Å². The fraction of sp³-hybridized carbons (Fsp3) is 0.167. The van der Waals surface area contributed by atoms with Gasteiger partial charge in [-0.3, -0.25) is 14.6 Å². The summed E-state index contributed by atoms with van der Waals surface area (Å²) in [5.74, 6) is -0.225. The monoisotopic (exact) mass is 525 g/mol. The van der Waals surface area contributed by atoms with E-state index in [1.54, 1.807) is 30.2 Å². The molecule has 0 unspecified atom stereocenters. The van der Waals surface area contributed by atoms with Crippen LogP contribution in [0.4, 0.5) is 17.1 Å². The Hall–Kier alpha value is -4.20. The number of nitrogens with zero attached hydrogens (tertiary/aromatic N) is 3. The van der Waals surface area contributed by atoms with Crippen LogP contribution in [-0.2, 0) is 9.59 Å². The first-order valence-electron chi connectivity index (χ1n) is 12.3. The number of fused-ring (bicyclic) bond motifs is 2. The summed E-state index contributed by atoms with van der Waals surface area (Å²) in [5.41, 5.74) is 5.96. The molecule has 7 nitrogen and oxygen atoms in total. The standard InChI is InChI=1S/C30H28ClN5O2/c1-19(37)36(16-15-35(2)3)24-10-8-23(9-11-24)33-29(21-6-13-26-20(17-21)5-4-14-32-26)28-25-12-7-22(31)18-27(25)34-30(28)38/h4-14,17-18,33H,15-16H2,1-3H3,(H,34,38). The first-order chi connectivity index (χ1) is 18.3. The highest BCUT2D eigenvalue weighted by molar-refractivity contribution is 6.38. The minimum Gasteiger partial charge on any atom is -0.354 e. The molecule has 0 saturated carbocycles. The molecule has 1 aliphatic heterocycles. The summed E-state index contributed by atoms with van der Waals surface area (Å²) in [6.45, 7) is 2.92. The highest BCUT2D eigenvalue weighted by Gasteiger charge is 2.29. The SMILES string of the molecule is CC(=O)N(CCN(C)C)c1ccc(NC(=C2C(=O)Nc3cc(Cl)ccc32)c2ccc3ncccc3c2)cc1. The van der Waals surface area contributed by atoms with E-state index in [2.05, 4.69) is 15.6 Å². The molecule has 1 aromatic heterocycles. The maximum absolute atomic E-state index is 13.2. The van der Waals surface area contributed by atoms with Crippen molar-refractivity contribution in [1.82, 2.24) is 9.88 Å². The van der Waals surface area contributed by atoms with Crippen LogP contribution in [0.5, 0.6) is 0 Å². The van der Waals surface area contributed by atoms with Gasteiger partial charge in [-0.1, -0.05) is 29.8 Å². The minimum absolute atomic E-state index is 0.0157. The first-order valence-corrected chi connectivity index (χ1v) is 12.7. The van der Waals surface area contributed by atoms with Crippen molar-refractivity contribution in [1.29, 1.82) is 0 Å². The smallest absolute Gasteiger partial charge is 0.258 e. The molecule has 0 spiro atoms. The Labute approximate surface area is 226 Å².